The lowest BCUT2D eigenvalue weighted by molar-refractivity contribution is 0.202. The van der Waals surface area contributed by atoms with Crippen molar-refractivity contribution in [2.45, 2.75) is 25.3 Å². The number of nitrogens with one attached hydrogen (secondary N) is 1. The average molecular weight is 564 g/mol. The normalized spacial score (nSPS) is 15.5. The van der Waals surface area contributed by atoms with E-state index in [2.05, 4.69) is 61.6 Å². The summed E-state index contributed by atoms with van der Waals surface area (Å²) in [5.41, 5.74) is 7.21. The first-order valence-corrected chi connectivity index (χ1v) is 14.6. The predicted molar refractivity (Wildman–Crippen MR) is 166 cm³/mol. The van der Waals surface area contributed by atoms with Gasteiger partial charge in [-0.3, -0.25) is 15.0 Å². The van der Waals surface area contributed by atoms with E-state index in [0.717, 1.165) is 77.8 Å². The lowest BCUT2D eigenvalue weighted by atomic mass is 9.95. The summed E-state index contributed by atoms with van der Waals surface area (Å²) in [5.74, 6) is 3.28. The fourth-order valence-electron chi connectivity index (χ4n) is 5.78. The molecule has 9 heteroatoms. The maximum Gasteiger partial charge on any atom is 0.253 e. The van der Waals surface area contributed by atoms with Crippen molar-refractivity contribution in [3.05, 3.63) is 121 Å². The number of hydrogen-bond acceptors (Lipinski definition) is 7. The zero-order valence-electron chi connectivity index (χ0n) is 23.5. The van der Waals surface area contributed by atoms with Crippen molar-refractivity contribution in [1.82, 2.24) is 44.6 Å². The third kappa shape index (κ3) is 5.04. The van der Waals surface area contributed by atoms with Crippen molar-refractivity contribution in [3.8, 4) is 33.9 Å². The van der Waals surface area contributed by atoms with Crippen molar-refractivity contribution in [2.24, 2.45) is 0 Å². The van der Waals surface area contributed by atoms with E-state index in [4.69, 9.17) is 15.0 Å². The van der Waals surface area contributed by atoms with Gasteiger partial charge in [-0.2, -0.15) is 10.1 Å². The number of piperidine rings is 1. The number of rotatable bonds is 7. The Morgan fingerprint density at radius 1 is 0.837 bits per heavy atom. The average Bonchev–Trinajstić information content (AvgIpc) is 3.69. The quantitative estimate of drug-likeness (QED) is 0.255. The van der Waals surface area contributed by atoms with E-state index >= 15 is 0 Å². The Labute approximate surface area is 248 Å². The number of pyridine rings is 1. The molecule has 43 heavy (non-hydrogen) atoms. The second-order valence-corrected chi connectivity index (χ2v) is 11.0. The predicted octanol–water partition coefficient (Wildman–Crippen LogP) is 5.97. The van der Waals surface area contributed by atoms with Gasteiger partial charge in [0.2, 0.25) is 0 Å². The Bertz CT molecular complexity index is 1950. The van der Waals surface area contributed by atoms with Crippen molar-refractivity contribution in [2.75, 3.05) is 13.1 Å². The van der Waals surface area contributed by atoms with Gasteiger partial charge in [-0.1, -0.05) is 78.9 Å². The number of aromatic nitrogens is 8. The Morgan fingerprint density at radius 3 is 2.40 bits per heavy atom. The molecular formula is C34H29N9. The molecule has 0 saturated carbocycles. The molecule has 9 nitrogen and oxygen atoms in total. The number of benzene rings is 2. The highest BCUT2D eigenvalue weighted by Gasteiger charge is 2.24. The van der Waals surface area contributed by atoms with Crippen LogP contribution in [0.15, 0.2) is 103 Å². The lowest BCUT2D eigenvalue weighted by Crippen LogP contribution is -2.32. The monoisotopic (exact) mass is 563 g/mol. The van der Waals surface area contributed by atoms with Crippen molar-refractivity contribution in [3.63, 3.8) is 0 Å². The van der Waals surface area contributed by atoms with Gasteiger partial charge in [0.25, 0.3) is 5.78 Å². The molecule has 0 unspecified atom stereocenters. The second-order valence-electron chi connectivity index (χ2n) is 11.0. The van der Waals surface area contributed by atoms with Gasteiger partial charge in [-0.05, 0) is 49.2 Å². The zero-order chi connectivity index (χ0) is 28.6. The highest BCUT2D eigenvalue weighted by Crippen LogP contribution is 2.32. The van der Waals surface area contributed by atoms with E-state index in [1.165, 1.54) is 5.56 Å². The van der Waals surface area contributed by atoms with Crippen LogP contribution in [0.3, 0.4) is 0 Å². The van der Waals surface area contributed by atoms with Crippen molar-refractivity contribution >= 4 is 11.4 Å². The van der Waals surface area contributed by atoms with E-state index in [9.17, 15) is 0 Å². The molecule has 1 fully saturated rings. The molecule has 0 amide bonds. The maximum absolute atomic E-state index is 5.00. The number of aromatic amines is 1. The van der Waals surface area contributed by atoms with Crippen LogP contribution in [0.2, 0.25) is 0 Å². The number of nitrogens with zero attached hydrogens (tertiary/aromatic N) is 8. The highest BCUT2D eigenvalue weighted by molar-refractivity contribution is 5.82. The van der Waals surface area contributed by atoms with Gasteiger partial charge in [0.1, 0.15) is 5.69 Å². The highest BCUT2D eigenvalue weighted by atomic mass is 15.3. The first-order valence-electron chi connectivity index (χ1n) is 14.6. The van der Waals surface area contributed by atoms with E-state index in [1.807, 2.05) is 60.8 Å². The summed E-state index contributed by atoms with van der Waals surface area (Å²) in [5, 5.41) is 12.3. The molecule has 210 valence electrons. The minimum atomic E-state index is 0.360. The maximum atomic E-state index is 5.00. The van der Waals surface area contributed by atoms with Gasteiger partial charge >= 0.3 is 0 Å². The van der Waals surface area contributed by atoms with Gasteiger partial charge in [-0.25, -0.2) is 14.5 Å². The number of fused-ring (bicyclic) bond motifs is 1. The molecule has 1 N–H and O–H groups in total. The van der Waals surface area contributed by atoms with Crippen LogP contribution in [0.25, 0.3) is 45.3 Å². The zero-order valence-corrected chi connectivity index (χ0v) is 23.5. The summed E-state index contributed by atoms with van der Waals surface area (Å²) in [6.45, 7) is 2.93. The number of hydrogen-bond donors (Lipinski definition) is 1. The molecule has 0 radical (unpaired) electrons. The smallest absolute Gasteiger partial charge is 0.253 e. The van der Waals surface area contributed by atoms with Gasteiger partial charge in [0, 0.05) is 41.6 Å². The molecule has 5 heterocycles. The van der Waals surface area contributed by atoms with Gasteiger partial charge in [0.15, 0.2) is 17.5 Å². The van der Waals surface area contributed by atoms with E-state index in [0.29, 0.717) is 17.5 Å². The third-order valence-electron chi connectivity index (χ3n) is 8.22. The molecule has 2 aliphatic rings. The van der Waals surface area contributed by atoms with Crippen LogP contribution in [0.4, 0.5) is 0 Å². The van der Waals surface area contributed by atoms with Gasteiger partial charge in [-0.15, -0.1) is 5.10 Å². The molecule has 8 rings (SSSR count). The van der Waals surface area contributed by atoms with Crippen LogP contribution >= 0.6 is 0 Å². The first kappa shape index (κ1) is 25.4. The van der Waals surface area contributed by atoms with E-state index in [1.54, 1.807) is 10.7 Å². The fourth-order valence-corrected chi connectivity index (χ4v) is 5.78. The standard InChI is InChI=1S/C34H29N9/c1-2-7-24(8-3-1)28-22-43-34(38-32(41-43)26-9-6-10-26)36-30(28)25-14-12-23(13-15-25)21-42-19-16-27(17-20-42)31-37-33(40-39-31)29-11-4-5-18-35-29/h1-15,18,22,27H,16-17,19-21H2,(H,37,39,40). The second kappa shape index (κ2) is 10.8. The van der Waals surface area contributed by atoms with Crippen molar-refractivity contribution < 1.29 is 0 Å². The number of allylic oxidation sites excluding steroid dienone is 4. The van der Waals surface area contributed by atoms with Crippen LogP contribution in [0.1, 0.15) is 36.0 Å². The molecule has 1 aliphatic heterocycles. The summed E-state index contributed by atoms with van der Waals surface area (Å²) in [6, 6.07) is 24.9. The van der Waals surface area contributed by atoms with Crippen LogP contribution in [-0.2, 0) is 6.54 Å². The molecule has 1 saturated heterocycles. The fraction of sp³-hybridized carbons (Fsp3) is 0.176. The topological polar surface area (TPSA) is 101 Å². The van der Waals surface area contributed by atoms with Crippen LogP contribution < -0.4 is 0 Å². The largest absolute Gasteiger partial charge is 0.299 e. The Morgan fingerprint density at radius 2 is 1.65 bits per heavy atom. The molecule has 1 aliphatic carbocycles. The van der Waals surface area contributed by atoms with Crippen LogP contribution in [-0.4, -0.2) is 57.7 Å². The minimum absolute atomic E-state index is 0.360. The summed E-state index contributed by atoms with van der Waals surface area (Å²) < 4.78 is 1.78. The lowest BCUT2D eigenvalue weighted by Gasteiger charge is -2.30. The molecule has 2 aromatic carbocycles. The molecule has 0 bridgehead atoms. The summed E-state index contributed by atoms with van der Waals surface area (Å²) in [4.78, 5) is 21.3. The summed E-state index contributed by atoms with van der Waals surface area (Å²) in [7, 11) is 0. The Kier molecular flexibility index (Phi) is 6.42. The number of H-pyrrole nitrogens is 1. The van der Waals surface area contributed by atoms with Crippen LogP contribution in [0.5, 0.6) is 0 Å². The summed E-state index contributed by atoms with van der Waals surface area (Å²) in [6.07, 6.45) is 11.9. The van der Waals surface area contributed by atoms with E-state index in [-0.39, 0.29) is 0 Å². The molecule has 0 atom stereocenters. The Hall–Kier alpha value is -5.28. The Balaban J connectivity index is 0.983. The minimum Gasteiger partial charge on any atom is -0.299 e. The van der Waals surface area contributed by atoms with E-state index < -0.39 is 0 Å². The van der Waals surface area contributed by atoms with Crippen LogP contribution in [0, 0.1) is 0 Å². The SMILES string of the molecule is C1=CC(c2nc3nc(-c4ccc(CN5CCC(c6n[nH]c(-c7ccccn7)n6)CC5)cc4)c(-c4ccccc4)cn3n2)=C1. The van der Waals surface area contributed by atoms with Gasteiger partial charge in [0.05, 0.1) is 5.69 Å². The van der Waals surface area contributed by atoms with Gasteiger partial charge < -0.3 is 0 Å². The molecular weight excluding hydrogens is 534 g/mol. The molecule has 6 aromatic rings. The number of likely N-dealkylation sites (tertiary alicyclic amines) is 1. The third-order valence-corrected chi connectivity index (χ3v) is 8.22. The summed E-state index contributed by atoms with van der Waals surface area (Å²) >= 11 is 0. The molecule has 0 spiro atoms. The first-order chi connectivity index (χ1) is 21.3. The van der Waals surface area contributed by atoms with Crippen molar-refractivity contribution in [1.29, 1.82) is 0 Å². The molecule has 4 aromatic heterocycles.